The van der Waals surface area contributed by atoms with Gasteiger partial charge in [0.25, 0.3) is 0 Å². The van der Waals surface area contributed by atoms with Crippen molar-refractivity contribution < 1.29 is 65.7 Å². The summed E-state index contributed by atoms with van der Waals surface area (Å²) in [5.41, 5.74) is 1.49. The maximum absolute atomic E-state index is 13.8. The third-order valence-corrected chi connectivity index (χ3v) is 8.44. The molecule has 0 radical (unpaired) electrons. The first-order valence-corrected chi connectivity index (χ1v) is 12.8. The fourth-order valence-electron chi connectivity index (χ4n) is 4.36. The Bertz CT molecular complexity index is 1130. The first-order valence-electron chi connectivity index (χ1n) is 10.7. The summed E-state index contributed by atoms with van der Waals surface area (Å²) < 4.78 is 13.8. The van der Waals surface area contributed by atoms with Gasteiger partial charge < -0.3 is 9.90 Å². The average molecular weight is 519 g/mol. The van der Waals surface area contributed by atoms with Crippen molar-refractivity contribution in [2.45, 2.75) is 24.1 Å². The van der Waals surface area contributed by atoms with Crippen LogP contribution >= 0.6 is 19.7 Å². The van der Waals surface area contributed by atoms with Crippen LogP contribution in [0.4, 0.5) is 4.39 Å². The maximum atomic E-state index is 13.8. The van der Waals surface area contributed by atoms with Gasteiger partial charge in [0.15, 0.2) is 0 Å². The Hall–Kier alpha value is -0.724. The molecule has 3 atom stereocenters. The molecule has 1 aliphatic heterocycles. The number of carbonyl (C=O) groups excluding carboxylic acids is 1. The summed E-state index contributed by atoms with van der Waals surface area (Å²) in [7, 11) is -0.710. The van der Waals surface area contributed by atoms with E-state index in [2.05, 4.69) is 23.3 Å². The third kappa shape index (κ3) is 7.16. The second kappa shape index (κ2) is 13.0. The Balaban J connectivity index is 0.00000324. The van der Waals surface area contributed by atoms with Gasteiger partial charge in [-0.15, -0.1) is 41.5 Å². The van der Waals surface area contributed by atoms with Crippen LogP contribution in [0.3, 0.4) is 0 Å². The van der Waals surface area contributed by atoms with Gasteiger partial charge in [-0.1, -0.05) is 54.1 Å². The molecule has 3 nitrogen and oxygen atoms in total. The SMILES string of the molecule is O=[C-]/C(=C\c1[c-]ccc(F)c1)C(c1ccc(Cl)cc1)C1(O)CCNP(Cc2ccccc2)C1.[K+]. The largest absolute Gasteiger partial charge is 1.00 e. The summed E-state index contributed by atoms with van der Waals surface area (Å²) >= 11 is 6.10. The van der Waals surface area contributed by atoms with Crippen molar-refractivity contribution in [2.24, 2.45) is 0 Å². The molecule has 1 aliphatic rings. The van der Waals surface area contributed by atoms with Gasteiger partial charge >= 0.3 is 51.4 Å². The van der Waals surface area contributed by atoms with Crippen LogP contribution < -0.4 is 56.5 Å². The molecule has 1 saturated heterocycles. The molecular formula is C27H24ClFKNO2P-. The number of nitrogens with one attached hydrogen (secondary N) is 1. The van der Waals surface area contributed by atoms with E-state index >= 15 is 0 Å². The molecule has 1 fully saturated rings. The number of hydrogen-bond acceptors (Lipinski definition) is 3. The molecule has 34 heavy (non-hydrogen) atoms. The summed E-state index contributed by atoms with van der Waals surface area (Å²) in [4.78, 5) is 12.2. The minimum absolute atomic E-state index is 0. The molecule has 0 spiro atoms. The van der Waals surface area contributed by atoms with E-state index in [1.54, 1.807) is 18.2 Å². The zero-order valence-electron chi connectivity index (χ0n) is 19.0. The third-order valence-electron chi connectivity index (χ3n) is 5.84. The molecule has 0 saturated carbocycles. The van der Waals surface area contributed by atoms with E-state index in [-0.39, 0.29) is 57.0 Å². The van der Waals surface area contributed by atoms with Crippen molar-refractivity contribution in [3.05, 3.63) is 112 Å². The molecule has 7 heteroatoms. The van der Waals surface area contributed by atoms with Crippen LogP contribution in [0.1, 0.15) is 29.0 Å². The normalized spacial score (nSPS) is 21.4. The Morgan fingerprint density at radius 3 is 2.65 bits per heavy atom. The predicted octanol–water partition coefficient (Wildman–Crippen LogP) is 2.88. The van der Waals surface area contributed by atoms with Gasteiger partial charge in [-0.3, -0.25) is 5.09 Å². The van der Waals surface area contributed by atoms with Gasteiger partial charge in [-0.25, -0.2) is 4.39 Å². The smallest absolute Gasteiger partial charge is 0.418 e. The van der Waals surface area contributed by atoms with E-state index in [1.165, 1.54) is 23.8 Å². The predicted molar refractivity (Wildman–Crippen MR) is 133 cm³/mol. The van der Waals surface area contributed by atoms with Crippen molar-refractivity contribution in [2.75, 3.05) is 12.7 Å². The Labute approximate surface area is 249 Å². The van der Waals surface area contributed by atoms with E-state index in [1.807, 2.05) is 36.6 Å². The summed E-state index contributed by atoms with van der Waals surface area (Å²) in [6.45, 7) is 0.636. The quantitative estimate of drug-likeness (QED) is 0.219. The van der Waals surface area contributed by atoms with Gasteiger partial charge in [0, 0.05) is 35.6 Å². The summed E-state index contributed by atoms with van der Waals surface area (Å²) in [5, 5.41) is 16.1. The van der Waals surface area contributed by atoms with Crippen molar-refractivity contribution in [1.29, 1.82) is 0 Å². The van der Waals surface area contributed by atoms with Crippen molar-refractivity contribution in [3.8, 4) is 0 Å². The fraction of sp³-hybridized carbons (Fsp3) is 0.222. The first kappa shape index (κ1) is 27.9. The number of aliphatic hydroxyl groups is 1. The number of halogens is 2. The minimum atomic E-state index is -1.17. The topological polar surface area (TPSA) is 49.3 Å². The molecule has 0 aromatic heterocycles. The Kier molecular flexibility index (Phi) is 10.7. The van der Waals surface area contributed by atoms with E-state index < -0.39 is 25.4 Å². The second-order valence-corrected chi connectivity index (χ2v) is 10.7. The Morgan fingerprint density at radius 1 is 1.24 bits per heavy atom. The Morgan fingerprint density at radius 2 is 1.97 bits per heavy atom. The molecule has 1 heterocycles. The summed E-state index contributed by atoms with van der Waals surface area (Å²) in [6.07, 6.45) is 5.41. The molecule has 3 aromatic rings. The van der Waals surface area contributed by atoms with Crippen molar-refractivity contribution >= 4 is 32.0 Å². The molecule has 0 bridgehead atoms. The van der Waals surface area contributed by atoms with E-state index in [9.17, 15) is 14.3 Å². The van der Waals surface area contributed by atoms with Gasteiger partial charge in [-0.05, 0) is 44.0 Å². The number of benzene rings is 3. The van der Waals surface area contributed by atoms with Crippen molar-refractivity contribution in [3.63, 3.8) is 0 Å². The zero-order chi connectivity index (χ0) is 23.3. The van der Waals surface area contributed by atoms with Gasteiger partial charge in [0.1, 0.15) is 0 Å². The van der Waals surface area contributed by atoms with E-state index in [0.717, 1.165) is 11.7 Å². The fourth-order valence-corrected chi connectivity index (χ4v) is 6.90. The van der Waals surface area contributed by atoms with Crippen molar-refractivity contribution in [1.82, 2.24) is 5.09 Å². The average Bonchev–Trinajstić information content (AvgIpc) is 2.80. The van der Waals surface area contributed by atoms with Gasteiger partial charge in [-0.2, -0.15) is 0 Å². The van der Waals surface area contributed by atoms with Crippen LogP contribution in [0.5, 0.6) is 0 Å². The maximum Gasteiger partial charge on any atom is 1.00 e. The standard InChI is InChI=1S/C27H24ClFNO2P.K/c28-24-11-9-22(10-12-24)26(23(17-31)15-21-7-4-8-25(29)16-21)27(32)13-14-30-33(19-27)18-20-5-2-1-3-6-20;/h1-6,8-12,15-16,26,30,32H,13-14,18-19H2;/q-2;+1/b23-15+;. The monoisotopic (exact) mass is 518 g/mol. The molecule has 4 rings (SSSR count). The molecule has 3 aromatic carbocycles. The van der Waals surface area contributed by atoms with Crippen LogP contribution in [-0.4, -0.2) is 29.7 Å². The summed E-state index contributed by atoms with van der Waals surface area (Å²) in [6, 6.07) is 24.3. The number of hydrogen-bond donors (Lipinski definition) is 2. The number of rotatable bonds is 7. The molecule has 2 N–H and O–H groups in total. The van der Waals surface area contributed by atoms with Crippen LogP contribution in [0.15, 0.2) is 78.4 Å². The molecule has 0 aliphatic carbocycles. The van der Waals surface area contributed by atoms with Crippen LogP contribution in [0.2, 0.25) is 5.02 Å². The first-order chi connectivity index (χ1) is 16.0. The van der Waals surface area contributed by atoms with Crippen LogP contribution in [0.25, 0.3) is 6.08 Å². The summed E-state index contributed by atoms with van der Waals surface area (Å²) in [5.74, 6) is -1.05. The minimum Gasteiger partial charge on any atom is -0.418 e. The second-order valence-electron chi connectivity index (χ2n) is 8.25. The van der Waals surface area contributed by atoms with Crippen LogP contribution in [-0.2, 0) is 11.0 Å². The van der Waals surface area contributed by atoms with Gasteiger partial charge in [0.2, 0.25) is 0 Å². The molecule has 170 valence electrons. The zero-order valence-corrected chi connectivity index (χ0v) is 23.7. The molecule has 3 unspecified atom stereocenters. The van der Waals surface area contributed by atoms with Gasteiger partial charge in [0.05, 0.1) is 5.60 Å². The van der Waals surface area contributed by atoms with Crippen LogP contribution in [0, 0.1) is 11.9 Å². The van der Waals surface area contributed by atoms with E-state index in [4.69, 9.17) is 11.6 Å². The molecular weight excluding hydrogens is 495 g/mol. The molecule has 0 amide bonds. The van der Waals surface area contributed by atoms with E-state index in [0.29, 0.717) is 29.7 Å².